The van der Waals surface area contributed by atoms with Crippen LogP contribution in [0.3, 0.4) is 0 Å². The summed E-state index contributed by atoms with van der Waals surface area (Å²) in [6, 6.07) is 9.25. The molecule has 0 bridgehead atoms. The van der Waals surface area contributed by atoms with E-state index >= 15 is 0 Å². The molecule has 2 aromatic rings. The quantitative estimate of drug-likeness (QED) is 0.780. The summed E-state index contributed by atoms with van der Waals surface area (Å²) in [5, 5.41) is 4.37. The maximum atomic E-state index is 12.7. The van der Waals surface area contributed by atoms with Crippen LogP contribution in [0, 0.1) is 18.9 Å². The molecule has 4 rings (SSSR count). The Kier molecular flexibility index (Phi) is 6.01. The third-order valence-electron chi connectivity index (χ3n) is 5.67. The van der Waals surface area contributed by atoms with Crippen LogP contribution in [0.15, 0.2) is 24.4 Å². The second-order valence-electron chi connectivity index (χ2n) is 7.58. The van der Waals surface area contributed by atoms with E-state index < -0.39 is 10.2 Å². The molecule has 151 valence electrons. The molecule has 8 heteroatoms. The zero-order valence-corrected chi connectivity index (χ0v) is 17.9. The fourth-order valence-corrected chi connectivity index (χ4v) is 6.55. The molecule has 0 amide bonds. The normalized spacial score (nSPS) is 19.9. The molecule has 2 aliphatic rings. The first-order chi connectivity index (χ1) is 13.5. The summed E-state index contributed by atoms with van der Waals surface area (Å²) < 4.78 is 28.6. The maximum Gasteiger partial charge on any atom is 0.281 e. The topological polar surface area (TPSA) is 65.5 Å². The summed E-state index contributed by atoms with van der Waals surface area (Å²) in [5.41, 5.74) is 2.30. The van der Waals surface area contributed by atoms with Crippen LogP contribution in [-0.2, 0) is 10.2 Å². The molecule has 0 saturated carbocycles. The van der Waals surface area contributed by atoms with E-state index in [4.69, 9.17) is 0 Å². The number of piperidine rings is 1. The van der Waals surface area contributed by atoms with Crippen molar-refractivity contribution in [2.75, 3.05) is 38.0 Å². The van der Waals surface area contributed by atoms with Gasteiger partial charge in [-0.3, -0.25) is 0 Å². The van der Waals surface area contributed by atoms with Gasteiger partial charge in [0.1, 0.15) is 0 Å². The number of anilines is 1. The van der Waals surface area contributed by atoms with E-state index in [9.17, 15) is 8.42 Å². The molecule has 1 aromatic heterocycles. The van der Waals surface area contributed by atoms with Crippen molar-refractivity contribution in [1.29, 1.82) is 0 Å². The summed E-state index contributed by atoms with van der Waals surface area (Å²) in [7, 11) is -3.25. The molecule has 0 atom stereocenters. The number of hydrogen-bond donors (Lipinski definition) is 1. The maximum absolute atomic E-state index is 12.7. The number of benzene rings is 1. The number of nitrogens with one attached hydrogen (secondary N) is 1. The van der Waals surface area contributed by atoms with Gasteiger partial charge in [-0.1, -0.05) is 29.5 Å². The SMILES string of the molecule is Cc1[c]cccc1-c1cnc(NCC2CCN(S(=O)(=O)N3CCCC3)CC2)s1. The van der Waals surface area contributed by atoms with Crippen LogP contribution in [0.25, 0.3) is 10.4 Å². The van der Waals surface area contributed by atoms with Gasteiger partial charge in [-0.05, 0) is 55.7 Å². The van der Waals surface area contributed by atoms with Crippen molar-refractivity contribution in [3.05, 3.63) is 36.0 Å². The first-order valence-electron chi connectivity index (χ1n) is 9.96. The number of rotatable bonds is 6. The molecule has 3 heterocycles. The van der Waals surface area contributed by atoms with Gasteiger partial charge in [0.15, 0.2) is 5.13 Å². The lowest BCUT2D eigenvalue weighted by atomic mass is 9.98. The summed E-state index contributed by atoms with van der Waals surface area (Å²) in [6.07, 6.45) is 5.66. The van der Waals surface area contributed by atoms with Gasteiger partial charge in [-0.2, -0.15) is 17.0 Å². The fourth-order valence-electron chi connectivity index (χ4n) is 3.93. The van der Waals surface area contributed by atoms with Crippen LogP contribution in [0.2, 0.25) is 0 Å². The standard InChI is InChI=1S/C20H27N4O2S2/c1-16-6-2-3-7-18(16)19-15-22-20(27-19)21-14-17-8-12-24(13-9-17)28(25,26)23-10-4-5-11-23/h2-3,7,15,17H,4-5,8-14H2,1H3,(H,21,22). The Morgan fingerprint density at radius 3 is 2.64 bits per heavy atom. The summed E-state index contributed by atoms with van der Waals surface area (Å²) in [4.78, 5) is 5.65. The highest BCUT2D eigenvalue weighted by molar-refractivity contribution is 7.86. The molecule has 2 saturated heterocycles. The summed E-state index contributed by atoms with van der Waals surface area (Å²) in [5.74, 6) is 0.476. The lowest BCUT2D eigenvalue weighted by molar-refractivity contribution is 0.266. The van der Waals surface area contributed by atoms with E-state index in [2.05, 4.69) is 29.4 Å². The van der Waals surface area contributed by atoms with E-state index in [0.717, 1.165) is 47.8 Å². The fraction of sp³-hybridized carbons (Fsp3) is 0.550. The molecule has 6 nitrogen and oxygen atoms in total. The summed E-state index contributed by atoms with van der Waals surface area (Å²) in [6.45, 7) is 5.49. The van der Waals surface area contributed by atoms with Crippen LogP contribution in [0.1, 0.15) is 31.2 Å². The van der Waals surface area contributed by atoms with Crippen molar-refractivity contribution in [2.24, 2.45) is 5.92 Å². The highest BCUT2D eigenvalue weighted by atomic mass is 32.2. The van der Waals surface area contributed by atoms with Crippen LogP contribution in [0.5, 0.6) is 0 Å². The van der Waals surface area contributed by atoms with Gasteiger partial charge < -0.3 is 5.32 Å². The monoisotopic (exact) mass is 419 g/mol. The van der Waals surface area contributed by atoms with Crippen molar-refractivity contribution in [3.63, 3.8) is 0 Å². The Labute approximate surface area is 171 Å². The number of thiazole rings is 1. The molecule has 2 aliphatic heterocycles. The van der Waals surface area contributed by atoms with Gasteiger partial charge in [0, 0.05) is 38.9 Å². The van der Waals surface area contributed by atoms with Crippen LogP contribution in [-0.4, -0.2) is 54.7 Å². The van der Waals surface area contributed by atoms with E-state index in [0.29, 0.717) is 32.1 Å². The summed E-state index contributed by atoms with van der Waals surface area (Å²) >= 11 is 1.66. The molecule has 0 unspecified atom stereocenters. The predicted molar refractivity (Wildman–Crippen MR) is 114 cm³/mol. The first kappa shape index (κ1) is 19.8. The van der Waals surface area contributed by atoms with Crippen molar-refractivity contribution in [3.8, 4) is 10.4 Å². The molecular formula is C20H27N4O2S2. The minimum Gasteiger partial charge on any atom is -0.361 e. The molecule has 0 spiro atoms. The average molecular weight is 420 g/mol. The smallest absolute Gasteiger partial charge is 0.281 e. The Bertz CT molecular complexity index is 898. The highest BCUT2D eigenvalue weighted by Gasteiger charge is 2.34. The Hall–Kier alpha value is -1.48. The lowest BCUT2D eigenvalue weighted by Crippen LogP contribution is -2.46. The molecule has 0 aliphatic carbocycles. The van der Waals surface area contributed by atoms with Crippen molar-refractivity contribution < 1.29 is 8.42 Å². The van der Waals surface area contributed by atoms with Crippen LogP contribution in [0.4, 0.5) is 5.13 Å². The Balaban J connectivity index is 1.29. The highest BCUT2D eigenvalue weighted by Crippen LogP contribution is 2.31. The zero-order chi connectivity index (χ0) is 19.6. The predicted octanol–water partition coefficient (Wildman–Crippen LogP) is 3.38. The Morgan fingerprint density at radius 2 is 1.93 bits per heavy atom. The second kappa shape index (κ2) is 8.49. The van der Waals surface area contributed by atoms with E-state index in [1.807, 2.05) is 18.3 Å². The number of nitrogens with zero attached hydrogens (tertiary/aromatic N) is 3. The number of hydrogen-bond acceptors (Lipinski definition) is 5. The van der Waals surface area contributed by atoms with E-state index in [1.165, 1.54) is 5.56 Å². The van der Waals surface area contributed by atoms with Crippen LogP contribution < -0.4 is 5.32 Å². The molecule has 1 aromatic carbocycles. The minimum atomic E-state index is -3.25. The first-order valence-corrected chi connectivity index (χ1v) is 12.2. The minimum absolute atomic E-state index is 0.476. The third kappa shape index (κ3) is 4.25. The van der Waals surface area contributed by atoms with Crippen LogP contribution >= 0.6 is 11.3 Å². The Morgan fingerprint density at radius 1 is 1.21 bits per heavy atom. The largest absolute Gasteiger partial charge is 0.361 e. The number of aryl methyl sites for hydroxylation is 1. The second-order valence-corrected chi connectivity index (χ2v) is 10.5. The molecule has 2 fully saturated rings. The van der Waals surface area contributed by atoms with Crippen molar-refractivity contribution in [2.45, 2.75) is 32.6 Å². The third-order valence-corrected chi connectivity index (χ3v) is 8.69. The lowest BCUT2D eigenvalue weighted by Gasteiger charge is -2.33. The van der Waals surface area contributed by atoms with Gasteiger partial charge in [-0.25, -0.2) is 4.98 Å². The van der Waals surface area contributed by atoms with Crippen molar-refractivity contribution in [1.82, 2.24) is 13.6 Å². The van der Waals surface area contributed by atoms with Gasteiger partial charge in [0.2, 0.25) is 0 Å². The van der Waals surface area contributed by atoms with Gasteiger partial charge in [-0.15, -0.1) is 0 Å². The van der Waals surface area contributed by atoms with Crippen molar-refractivity contribution >= 4 is 26.7 Å². The molecule has 28 heavy (non-hydrogen) atoms. The molecule has 1 N–H and O–H groups in total. The van der Waals surface area contributed by atoms with E-state index in [1.54, 1.807) is 19.9 Å². The average Bonchev–Trinajstić information content (AvgIpc) is 3.40. The molecular weight excluding hydrogens is 392 g/mol. The van der Waals surface area contributed by atoms with Gasteiger partial charge >= 0.3 is 0 Å². The molecule has 1 radical (unpaired) electrons. The van der Waals surface area contributed by atoms with E-state index in [-0.39, 0.29) is 0 Å². The van der Waals surface area contributed by atoms with Gasteiger partial charge in [0.25, 0.3) is 10.2 Å². The van der Waals surface area contributed by atoms with Gasteiger partial charge in [0.05, 0.1) is 4.88 Å². The number of aromatic nitrogens is 1. The zero-order valence-electron chi connectivity index (χ0n) is 16.2.